The fraction of sp³-hybridized carbons (Fsp3) is 0.357. The van der Waals surface area contributed by atoms with Crippen LogP contribution in [0, 0.1) is 0 Å². The molecule has 2 heteroatoms. The number of aliphatic imine (C=N–C) groups is 1. The van der Waals surface area contributed by atoms with Crippen LogP contribution < -0.4 is 0 Å². The second-order valence-corrected chi connectivity index (χ2v) is 4.05. The molecule has 1 atom stereocenters. The summed E-state index contributed by atoms with van der Waals surface area (Å²) < 4.78 is 5.57. The molecule has 1 aromatic carbocycles. The Kier molecular flexibility index (Phi) is 3.40. The van der Waals surface area contributed by atoms with Crippen molar-refractivity contribution >= 4 is 12.0 Å². The number of benzene rings is 1. The monoisotopic (exact) mass is 215 g/mol. The minimum Gasteiger partial charge on any atom is -0.475 e. The summed E-state index contributed by atoms with van der Waals surface area (Å²) in [5, 5.41) is 0. The maximum Gasteiger partial charge on any atom is 0.212 e. The van der Waals surface area contributed by atoms with E-state index >= 15 is 0 Å². The molecule has 0 bridgehead atoms. The molecule has 0 saturated heterocycles. The van der Waals surface area contributed by atoms with E-state index in [-0.39, 0.29) is 0 Å². The van der Waals surface area contributed by atoms with Crippen molar-refractivity contribution in [3.05, 3.63) is 41.5 Å². The molecular formula is C14H17NO. The summed E-state index contributed by atoms with van der Waals surface area (Å²) in [4.78, 5) is 4.53. The Bertz CT molecular complexity index is 406. The SMILES string of the molecule is CCC1COC(/C(C)=C/c2ccccc2)=N1. The van der Waals surface area contributed by atoms with Crippen LogP contribution in [0.15, 0.2) is 40.9 Å². The summed E-state index contributed by atoms with van der Waals surface area (Å²) in [6.07, 6.45) is 3.15. The lowest BCUT2D eigenvalue weighted by molar-refractivity contribution is 0.314. The van der Waals surface area contributed by atoms with Gasteiger partial charge in [-0.05, 0) is 25.0 Å². The highest BCUT2D eigenvalue weighted by molar-refractivity contribution is 5.98. The third kappa shape index (κ3) is 2.51. The van der Waals surface area contributed by atoms with Gasteiger partial charge in [0.05, 0.1) is 6.04 Å². The Balaban J connectivity index is 2.14. The van der Waals surface area contributed by atoms with Gasteiger partial charge in [-0.25, -0.2) is 4.99 Å². The van der Waals surface area contributed by atoms with E-state index in [0.717, 1.165) is 24.5 Å². The Morgan fingerprint density at radius 3 is 2.81 bits per heavy atom. The maximum atomic E-state index is 5.57. The molecule has 16 heavy (non-hydrogen) atoms. The molecule has 0 amide bonds. The predicted molar refractivity (Wildman–Crippen MR) is 67.6 cm³/mol. The van der Waals surface area contributed by atoms with Gasteiger partial charge in [0.1, 0.15) is 6.61 Å². The van der Waals surface area contributed by atoms with Crippen molar-refractivity contribution in [1.82, 2.24) is 0 Å². The van der Waals surface area contributed by atoms with Crippen LogP contribution in [-0.2, 0) is 4.74 Å². The first-order chi connectivity index (χ1) is 7.79. The van der Waals surface area contributed by atoms with E-state index in [1.165, 1.54) is 5.56 Å². The van der Waals surface area contributed by atoms with Gasteiger partial charge >= 0.3 is 0 Å². The minimum atomic E-state index is 0.342. The molecule has 1 heterocycles. The molecule has 0 aliphatic carbocycles. The van der Waals surface area contributed by atoms with E-state index in [0.29, 0.717) is 6.04 Å². The predicted octanol–water partition coefficient (Wildman–Crippen LogP) is 3.30. The van der Waals surface area contributed by atoms with Crippen LogP contribution >= 0.6 is 0 Å². The lowest BCUT2D eigenvalue weighted by Crippen LogP contribution is -2.03. The fourth-order valence-electron chi connectivity index (χ4n) is 1.70. The average Bonchev–Trinajstić information content (AvgIpc) is 2.79. The molecule has 84 valence electrons. The van der Waals surface area contributed by atoms with Gasteiger partial charge in [-0.15, -0.1) is 0 Å². The van der Waals surface area contributed by atoms with Crippen molar-refractivity contribution in [3.63, 3.8) is 0 Å². The number of ether oxygens (including phenoxy) is 1. The maximum absolute atomic E-state index is 5.57. The molecule has 1 aromatic rings. The number of hydrogen-bond acceptors (Lipinski definition) is 2. The summed E-state index contributed by atoms with van der Waals surface area (Å²) in [6.45, 7) is 4.91. The van der Waals surface area contributed by atoms with Crippen LogP contribution in [0.3, 0.4) is 0 Å². The molecule has 0 radical (unpaired) electrons. The lowest BCUT2D eigenvalue weighted by atomic mass is 10.1. The summed E-state index contributed by atoms with van der Waals surface area (Å²) in [5.41, 5.74) is 2.29. The van der Waals surface area contributed by atoms with Crippen LogP contribution in [0.4, 0.5) is 0 Å². The number of nitrogens with zero attached hydrogens (tertiary/aromatic N) is 1. The average molecular weight is 215 g/mol. The van der Waals surface area contributed by atoms with Gasteiger partial charge in [-0.1, -0.05) is 37.3 Å². The van der Waals surface area contributed by atoms with Gasteiger partial charge in [-0.3, -0.25) is 0 Å². The zero-order valence-corrected chi connectivity index (χ0v) is 9.81. The molecule has 1 aliphatic heterocycles. The van der Waals surface area contributed by atoms with Gasteiger partial charge in [0.2, 0.25) is 5.90 Å². The zero-order valence-electron chi connectivity index (χ0n) is 9.81. The van der Waals surface area contributed by atoms with E-state index in [9.17, 15) is 0 Å². The Hall–Kier alpha value is -1.57. The van der Waals surface area contributed by atoms with Crippen molar-refractivity contribution in [2.45, 2.75) is 26.3 Å². The largest absolute Gasteiger partial charge is 0.475 e. The summed E-state index contributed by atoms with van der Waals surface area (Å²) in [7, 11) is 0. The van der Waals surface area contributed by atoms with Crippen LogP contribution in [0.5, 0.6) is 0 Å². The van der Waals surface area contributed by atoms with Crippen molar-refractivity contribution in [2.24, 2.45) is 4.99 Å². The molecular weight excluding hydrogens is 198 g/mol. The zero-order chi connectivity index (χ0) is 11.4. The highest BCUT2D eigenvalue weighted by atomic mass is 16.5. The fourth-order valence-corrected chi connectivity index (χ4v) is 1.70. The third-order valence-corrected chi connectivity index (χ3v) is 2.70. The van der Waals surface area contributed by atoms with Crippen LogP contribution in [-0.4, -0.2) is 18.5 Å². The number of hydrogen-bond donors (Lipinski definition) is 0. The van der Waals surface area contributed by atoms with Crippen molar-refractivity contribution < 1.29 is 4.74 Å². The molecule has 1 aliphatic rings. The smallest absolute Gasteiger partial charge is 0.212 e. The molecule has 0 saturated carbocycles. The first-order valence-electron chi connectivity index (χ1n) is 5.74. The van der Waals surface area contributed by atoms with Gasteiger partial charge in [0.15, 0.2) is 0 Å². The first-order valence-corrected chi connectivity index (χ1v) is 5.74. The molecule has 0 fully saturated rings. The van der Waals surface area contributed by atoms with Crippen molar-refractivity contribution in [2.75, 3.05) is 6.61 Å². The van der Waals surface area contributed by atoms with E-state index in [2.05, 4.69) is 30.1 Å². The first kappa shape index (κ1) is 10.9. The van der Waals surface area contributed by atoms with Crippen molar-refractivity contribution in [1.29, 1.82) is 0 Å². The minimum absolute atomic E-state index is 0.342. The standard InChI is InChI=1S/C14H17NO/c1-3-13-10-16-14(15-13)11(2)9-12-7-5-4-6-8-12/h4-9,13H,3,10H2,1-2H3/b11-9+. The van der Waals surface area contributed by atoms with E-state index < -0.39 is 0 Å². The highest BCUT2D eigenvalue weighted by Crippen LogP contribution is 2.15. The summed E-state index contributed by atoms with van der Waals surface area (Å²) >= 11 is 0. The molecule has 0 spiro atoms. The van der Waals surface area contributed by atoms with Gasteiger partial charge in [0.25, 0.3) is 0 Å². The quantitative estimate of drug-likeness (QED) is 0.758. The van der Waals surface area contributed by atoms with Gasteiger partial charge in [-0.2, -0.15) is 0 Å². The Morgan fingerprint density at radius 2 is 2.19 bits per heavy atom. The summed E-state index contributed by atoms with van der Waals surface area (Å²) in [5.74, 6) is 0.802. The molecule has 0 N–H and O–H groups in total. The topological polar surface area (TPSA) is 21.6 Å². The molecule has 0 aromatic heterocycles. The Labute approximate surface area is 96.7 Å². The second-order valence-electron chi connectivity index (χ2n) is 4.05. The van der Waals surface area contributed by atoms with E-state index in [1.54, 1.807) is 0 Å². The summed E-state index contributed by atoms with van der Waals surface area (Å²) in [6, 6.07) is 10.6. The molecule has 2 nitrogen and oxygen atoms in total. The third-order valence-electron chi connectivity index (χ3n) is 2.70. The van der Waals surface area contributed by atoms with Crippen molar-refractivity contribution in [3.8, 4) is 0 Å². The van der Waals surface area contributed by atoms with Gasteiger partial charge in [0, 0.05) is 5.57 Å². The highest BCUT2D eigenvalue weighted by Gasteiger charge is 2.17. The second kappa shape index (κ2) is 4.97. The molecule has 2 rings (SSSR count). The van der Waals surface area contributed by atoms with E-state index in [1.807, 2.05) is 25.1 Å². The van der Waals surface area contributed by atoms with Crippen LogP contribution in [0.25, 0.3) is 6.08 Å². The lowest BCUT2D eigenvalue weighted by Gasteiger charge is -2.01. The molecule has 1 unspecified atom stereocenters. The Morgan fingerprint density at radius 1 is 1.44 bits per heavy atom. The van der Waals surface area contributed by atoms with Crippen LogP contribution in [0.2, 0.25) is 0 Å². The van der Waals surface area contributed by atoms with E-state index in [4.69, 9.17) is 4.74 Å². The normalized spacial score (nSPS) is 20.5. The number of rotatable bonds is 3. The van der Waals surface area contributed by atoms with Crippen LogP contribution in [0.1, 0.15) is 25.8 Å². The van der Waals surface area contributed by atoms with Gasteiger partial charge < -0.3 is 4.74 Å².